The second kappa shape index (κ2) is 11.1. The Morgan fingerprint density at radius 3 is 2.31 bits per heavy atom. The maximum absolute atomic E-state index is 12.8. The minimum atomic E-state index is -3.68. The van der Waals surface area contributed by atoms with E-state index < -0.39 is 10.0 Å². The highest BCUT2D eigenvalue weighted by Gasteiger charge is 2.27. The molecule has 1 saturated heterocycles. The number of sulfonamides is 1. The van der Waals surface area contributed by atoms with Crippen molar-refractivity contribution in [2.24, 2.45) is 5.92 Å². The molecule has 0 aliphatic carbocycles. The molecule has 2 N–H and O–H groups in total. The number of carbonyl (C=O) groups excluding carboxylic acids is 2. The van der Waals surface area contributed by atoms with Crippen molar-refractivity contribution in [2.75, 3.05) is 38.1 Å². The number of anilines is 1. The van der Waals surface area contributed by atoms with Crippen LogP contribution in [0.4, 0.5) is 5.69 Å². The maximum atomic E-state index is 12.8. The van der Waals surface area contributed by atoms with Gasteiger partial charge in [-0.1, -0.05) is 18.2 Å². The number of amides is 2. The van der Waals surface area contributed by atoms with Crippen LogP contribution in [0.1, 0.15) is 29.6 Å². The summed E-state index contributed by atoms with van der Waals surface area (Å²) in [6.45, 7) is 2.22. The lowest BCUT2D eigenvalue weighted by atomic mass is 9.95. The molecular formula is C23H29N3O5S. The molecule has 0 radical (unpaired) electrons. The Morgan fingerprint density at radius 2 is 1.69 bits per heavy atom. The van der Waals surface area contributed by atoms with Gasteiger partial charge in [0.05, 0.1) is 4.90 Å². The molecule has 1 aliphatic rings. The third kappa shape index (κ3) is 6.30. The van der Waals surface area contributed by atoms with Crippen LogP contribution in [0.25, 0.3) is 0 Å². The van der Waals surface area contributed by atoms with Crippen LogP contribution in [0.3, 0.4) is 0 Å². The normalized spacial score (nSPS) is 14.7. The molecule has 2 amide bonds. The third-order valence-corrected chi connectivity index (χ3v) is 6.81. The summed E-state index contributed by atoms with van der Waals surface area (Å²) in [5, 5.41) is 2.92. The van der Waals surface area contributed by atoms with Crippen LogP contribution in [0.5, 0.6) is 0 Å². The minimum Gasteiger partial charge on any atom is -0.385 e. The van der Waals surface area contributed by atoms with E-state index >= 15 is 0 Å². The Kier molecular flexibility index (Phi) is 8.24. The van der Waals surface area contributed by atoms with Gasteiger partial charge in [-0.05, 0) is 55.7 Å². The fourth-order valence-corrected chi connectivity index (χ4v) is 4.67. The van der Waals surface area contributed by atoms with Gasteiger partial charge in [-0.25, -0.2) is 8.42 Å². The van der Waals surface area contributed by atoms with Crippen molar-refractivity contribution in [3.05, 3.63) is 60.2 Å². The van der Waals surface area contributed by atoms with Crippen molar-refractivity contribution < 1.29 is 22.7 Å². The Morgan fingerprint density at radius 1 is 1.03 bits per heavy atom. The summed E-state index contributed by atoms with van der Waals surface area (Å²) >= 11 is 0. The highest BCUT2D eigenvalue weighted by Crippen LogP contribution is 2.21. The summed E-state index contributed by atoms with van der Waals surface area (Å²) < 4.78 is 32.3. The molecule has 0 spiro atoms. The van der Waals surface area contributed by atoms with E-state index in [0.29, 0.717) is 50.3 Å². The molecule has 0 unspecified atom stereocenters. The fourth-order valence-electron chi connectivity index (χ4n) is 3.59. The van der Waals surface area contributed by atoms with Crippen LogP contribution in [0.2, 0.25) is 0 Å². The average Bonchev–Trinajstić information content (AvgIpc) is 2.82. The van der Waals surface area contributed by atoms with Crippen molar-refractivity contribution in [2.45, 2.75) is 24.2 Å². The second-order valence-corrected chi connectivity index (χ2v) is 9.38. The number of hydrogen-bond acceptors (Lipinski definition) is 5. The number of methoxy groups -OCH3 is 1. The Balaban J connectivity index is 1.51. The van der Waals surface area contributed by atoms with Gasteiger partial charge < -0.3 is 15.0 Å². The van der Waals surface area contributed by atoms with E-state index in [1.54, 1.807) is 54.5 Å². The monoisotopic (exact) mass is 459 g/mol. The van der Waals surface area contributed by atoms with Gasteiger partial charge in [0, 0.05) is 50.5 Å². The first-order valence-corrected chi connectivity index (χ1v) is 12.1. The Hall–Kier alpha value is -2.91. The highest BCUT2D eigenvalue weighted by atomic mass is 32.2. The second-order valence-electron chi connectivity index (χ2n) is 7.70. The van der Waals surface area contributed by atoms with Crippen molar-refractivity contribution in [1.82, 2.24) is 10.2 Å². The molecule has 9 heteroatoms. The molecular weight excluding hydrogens is 430 g/mol. The van der Waals surface area contributed by atoms with Crippen LogP contribution in [-0.4, -0.2) is 58.5 Å². The lowest BCUT2D eigenvalue weighted by Crippen LogP contribution is -2.43. The van der Waals surface area contributed by atoms with Gasteiger partial charge >= 0.3 is 0 Å². The first-order chi connectivity index (χ1) is 15.4. The Bertz CT molecular complexity index is 1000. The third-order valence-electron chi connectivity index (χ3n) is 5.42. The SMILES string of the molecule is COCCCNC(=O)C1CCN(C(=O)c2ccc(NS(=O)(=O)c3ccccc3)cc2)CC1. The predicted octanol–water partition coefficient (Wildman–Crippen LogP) is 2.49. The molecule has 0 atom stereocenters. The summed E-state index contributed by atoms with van der Waals surface area (Å²) in [5.74, 6) is -0.180. The number of rotatable bonds is 9. The molecule has 1 fully saturated rings. The number of nitrogens with zero attached hydrogens (tertiary/aromatic N) is 1. The van der Waals surface area contributed by atoms with Crippen molar-refractivity contribution in [3.63, 3.8) is 0 Å². The zero-order chi connectivity index (χ0) is 23.0. The van der Waals surface area contributed by atoms with Crippen LogP contribution >= 0.6 is 0 Å². The molecule has 172 valence electrons. The lowest BCUT2D eigenvalue weighted by Gasteiger charge is -2.31. The largest absolute Gasteiger partial charge is 0.385 e. The molecule has 32 heavy (non-hydrogen) atoms. The van der Waals surface area contributed by atoms with Crippen LogP contribution in [0, 0.1) is 5.92 Å². The molecule has 0 bridgehead atoms. The summed E-state index contributed by atoms with van der Waals surface area (Å²) in [6, 6.07) is 14.5. The van der Waals surface area contributed by atoms with E-state index in [-0.39, 0.29) is 22.6 Å². The summed E-state index contributed by atoms with van der Waals surface area (Å²) in [7, 11) is -2.05. The molecule has 1 aliphatic heterocycles. The van der Waals surface area contributed by atoms with Crippen molar-refractivity contribution in [1.29, 1.82) is 0 Å². The number of hydrogen-bond donors (Lipinski definition) is 2. The van der Waals surface area contributed by atoms with Gasteiger partial charge in [0.25, 0.3) is 15.9 Å². The van der Waals surface area contributed by atoms with Crippen molar-refractivity contribution >= 4 is 27.5 Å². The lowest BCUT2D eigenvalue weighted by molar-refractivity contribution is -0.126. The number of nitrogens with one attached hydrogen (secondary N) is 2. The number of piperidine rings is 1. The highest BCUT2D eigenvalue weighted by molar-refractivity contribution is 7.92. The topological polar surface area (TPSA) is 105 Å². The van der Waals surface area contributed by atoms with Gasteiger partial charge in [0.1, 0.15) is 0 Å². The standard InChI is InChI=1S/C23H29N3O5S/c1-31-17-5-14-24-22(27)18-12-15-26(16-13-18)23(28)19-8-10-20(11-9-19)25-32(29,30)21-6-3-2-4-7-21/h2-4,6-11,18,25H,5,12-17H2,1H3,(H,24,27). The van der Waals surface area contributed by atoms with E-state index in [0.717, 1.165) is 6.42 Å². The molecule has 0 saturated carbocycles. The van der Waals surface area contributed by atoms with E-state index in [1.807, 2.05) is 0 Å². The van der Waals surface area contributed by atoms with E-state index in [4.69, 9.17) is 4.74 Å². The number of benzene rings is 2. The minimum absolute atomic E-state index is 0.0308. The van der Waals surface area contributed by atoms with Crippen LogP contribution < -0.4 is 10.0 Å². The zero-order valence-corrected chi connectivity index (χ0v) is 18.9. The summed E-state index contributed by atoms with van der Waals surface area (Å²) in [5.41, 5.74) is 0.865. The number of ether oxygens (including phenoxy) is 1. The van der Waals surface area contributed by atoms with Crippen LogP contribution in [0.15, 0.2) is 59.5 Å². The van der Waals surface area contributed by atoms with E-state index in [1.165, 1.54) is 12.1 Å². The fraction of sp³-hybridized carbons (Fsp3) is 0.391. The molecule has 8 nitrogen and oxygen atoms in total. The van der Waals surface area contributed by atoms with E-state index in [2.05, 4.69) is 10.0 Å². The van der Waals surface area contributed by atoms with Gasteiger partial charge in [-0.3, -0.25) is 14.3 Å². The summed E-state index contributed by atoms with van der Waals surface area (Å²) in [6.07, 6.45) is 2.02. The molecule has 1 heterocycles. The quantitative estimate of drug-likeness (QED) is 0.561. The van der Waals surface area contributed by atoms with Gasteiger partial charge in [0.2, 0.25) is 5.91 Å². The molecule has 2 aromatic rings. The number of likely N-dealkylation sites (tertiary alicyclic amines) is 1. The van der Waals surface area contributed by atoms with Crippen molar-refractivity contribution in [3.8, 4) is 0 Å². The average molecular weight is 460 g/mol. The molecule has 3 rings (SSSR count). The summed E-state index contributed by atoms with van der Waals surface area (Å²) in [4.78, 5) is 27.0. The van der Waals surface area contributed by atoms with Gasteiger partial charge in [0.15, 0.2) is 0 Å². The molecule has 0 aromatic heterocycles. The van der Waals surface area contributed by atoms with Gasteiger partial charge in [-0.15, -0.1) is 0 Å². The smallest absolute Gasteiger partial charge is 0.261 e. The first-order valence-electron chi connectivity index (χ1n) is 10.6. The van der Waals surface area contributed by atoms with Crippen LogP contribution in [-0.2, 0) is 19.6 Å². The van der Waals surface area contributed by atoms with Gasteiger partial charge in [-0.2, -0.15) is 0 Å². The first kappa shape index (κ1) is 23.7. The maximum Gasteiger partial charge on any atom is 0.261 e. The zero-order valence-electron chi connectivity index (χ0n) is 18.1. The number of carbonyl (C=O) groups is 2. The van der Waals surface area contributed by atoms with E-state index in [9.17, 15) is 18.0 Å². The molecule has 2 aromatic carbocycles. The Labute approximate surface area is 189 Å². The predicted molar refractivity (Wildman–Crippen MR) is 122 cm³/mol.